The molecule has 3 N–H and O–H groups in total. The van der Waals surface area contributed by atoms with Gasteiger partial charge < -0.3 is 16.0 Å². The number of nitrogens with zero attached hydrogens (tertiary/aromatic N) is 1. The SMILES string of the molecule is CCNC(=NCC1CCC(C(C)C)CC1)NC1CCC(=O)NC1.I. The lowest BCUT2D eigenvalue weighted by atomic mass is 9.77. The molecular formula is C18H35IN4O. The normalized spacial score (nSPS) is 28.1. The average Bonchev–Trinajstić information content (AvgIpc) is 2.55. The van der Waals surface area contributed by atoms with E-state index >= 15 is 0 Å². The summed E-state index contributed by atoms with van der Waals surface area (Å²) < 4.78 is 0. The van der Waals surface area contributed by atoms with E-state index < -0.39 is 0 Å². The number of hydrogen-bond acceptors (Lipinski definition) is 2. The molecule has 1 saturated carbocycles. The van der Waals surface area contributed by atoms with Crippen LogP contribution in [0, 0.1) is 17.8 Å². The van der Waals surface area contributed by atoms with E-state index in [2.05, 4.69) is 36.7 Å². The highest BCUT2D eigenvalue weighted by molar-refractivity contribution is 14.0. The largest absolute Gasteiger partial charge is 0.357 e. The molecule has 0 spiro atoms. The van der Waals surface area contributed by atoms with Crippen LogP contribution in [-0.2, 0) is 4.79 Å². The highest BCUT2D eigenvalue weighted by Crippen LogP contribution is 2.33. The summed E-state index contributed by atoms with van der Waals surface area (Å²) in [6, 6.07) is 0.294. The van der Waals surface area contributed by atoms with Crippen molar-refractivity contribution in [2.24, 2.45) is 22.7 Å². The summed E-state index contributed by atoms with van der Waals surface area (Å²) in [5.41, 5.74) is 0. The van der Waals surface area contributed by atoms with Crippen molar-refractivity contribution >= 4 is 35.8 Å². The third-order valence-corrected chi connectivity index (χ3v) is 5.29. The maximum Gasteiger partial charge on any atom is 0.220 e. The monoisotopic (exact) mass is 450 g/mol. The molecule has 24 heavy (non-hydrogen) atoms. The van der Waals surface area contributed by atoms with Gasteiger partial charge in [-0.2, -0.15) is 0 Å². The number of aliphatic imine (C=N–C) groups is 1. The second-order valence-electron chi connectivity index (χ2n) is 7.43. The van der Waals surface area contributed by atoms with Crippen molar-refractivity contribution < 1.29 is 4.79 Å². The van der Waals surface area contributed by atoms with E-state index in [4.69, 9.17) is 4.99 Å². The Hall–Kier alpha value is -0.530. The minimum Gasteiger partial charge on any atom is -0.357 e. The van der Waals surface area contributed by atoms with Gasteiger partial charge in [0.05, 0.1) is 0 Å². The van der Waals surface area contributed by atoms with Crippen LogP contribution in [0.25, 0.3) is 0 Å². The summed E-state index contributed by atoms with van der Waals surface area (Å²) in [5.74, 6) is 3.52. The lowest BCUT2D eigenvalue weighted by Gasteiger charge is -2.30. The van der Waals surface area contributed by atoms with Crippen molar-refractivity contribution in [1.29, 1.82) is 0 Å². The van der Waals surface area contributed by atoms with Gasteiger partial charge in [0, 0.05) is 32.1 Å². The van der Waals surface area contributed by atoms with Gasteiger partial charge in [-0.3, -0.25) is 9.79 Å². The maximum atomic E-state index is 11.2. The molecule has 0 aromatic carbocycles. The maximum absolute atomic E-state index is 11.2. The topological polar surface area (TPSA) is 65.5 Å². The zero-order chi connectivity index (χ0) is 16.7. The van der Waals surface area contributed by atoms with Gasteiger partial charge in [-0.05, 0) is 56.8 Å². The van der Waals surface area contributed by atoms with Gasteiger partial charge >= 0.3 is 0 Å². The molecule has 2 aliphatic rings. The summed E-state index contributed by atoms with van der Waals surface area (Å²) in [5, 5.41) is 9.72. The quantitative estimate of drug-likeness (QED) is 0.343. The lowest BCUT2D eigenvalue weighted by Crippen LogP contribution is -2.51. The van der Waals surface area contributed by atoms with Crippen LogP contribution < -0.4 is 16.0 Å². The van der Waals surface area contributed by atoms with Gasteiger partial charge in [0.15, 0.2) is 5.96 Å². The van der Waals surface area contributed by atoms with Gasteiger partial charge in [0.2, 0.25) is 5.91 Å². The molecule has 1 heterocycles. The van der Waals surface area contributed by atoms with Gasteiger partial charge in [-0.25, -0.2) is 0 Å². The fourth-order valence-corrected chi connectivity index (χ4v) is 3.63. The molecule has 1 unspecified atom stereocenters. The van der Waals surface area contributed by atoms with Crippen molar-refractivity contribution in [1.82, 2.24) is 16.0 Å². The van der Waals surface area contributed by atoms with E-state index in [1.807, 2.05) is 0 Å². The first kappa shape index (κ1) is 21.5. The van der Waals surface area contributed by atoms with Crippen molar-refractivity contribution in [2.75, 3.05) is 19.6 Å². The molecule has 2 rings (SSSR count). The van der Waals surface area contributed by atoms with E-state index in [0.717, 1.165) is 43.2 Å². The van der Waals surface area contributed by atoms with E-state index in [-0.39, 0.29) is 29.9 Å². The number of nitrogens with one attached hydrogen (secondary N) is 3. The van der Waals surface area contributed by atoms with E-state index in [9.17, 15) is 4.79 Å². The number of carbonyl (C=O) groups excluding carboxylic acids is 1. The van der Waals surface area contributed by atoms with Crippen LogP contribution in [0.2, 0.25) is 0 Å². The Morgan fingerprint density at radius 2 is 1.96 bits per heavy atom. The second-order valence-corrected chi connectivity index (χ2v) is 7.43. The van der Waals surface area contributed by atoms with Crippen LogP contribution in [0.3, 0.4) is 0 Å². The first-order chi connectivity index (χ1) is 11.1. The zero-order valence-corrected chi connectivity index (χ0v) is 17.8. The predicted molar refractivity (Wildman–Crippen MR) is 111 cm³/mol. The first-order valence-electron chi connectivity index (χ1n) is 9.40. The van der Waals surface area contributed by atoms with Crippen molar-refractivity contribution in [3.8, 4) is 0 Å². The molecule has 0 aromatic heterocycles. The number of piperidine rings is 1. The van der Waals surface area contributed by atoms with Crippen LogP contribution in [0.4, 0.5) is 0 Å². The molecular weight excluding hydrogens is 415 g/mol. The summed E-state index contributed by atoms with van der Waals surface area (Å²) >= 11 is 0. The highest BCUT2D eigenvalue weighted by Gasteiger charge is 2.23. The smallest absolute Gasteiger partial charge is 0.220 e. The molecule has 1 saturated heterocycles. The Bertz CT molecular complexity index is 396. The van der Waals surface area contributed by atoms with Gasteiger partial charge in [-0.1, -0.05) is 13.8 Å². The lowest BCUT2D eigenvalue weighted by molar-refractivity contribution is -0.122. The Kier molecular flexibility index (Phi) is 10.0. The van der Waals surface area contributed by atoms with E-state index in [1.54, 1.807) is 0 Å². The van der Waals surface area contributed by atoms with Gasteiger partial charge in [0.1, 0.15) is 0 Å². The molecule has 1 aliphatic heterocycles. The first-order valence-corrected chi connectivity index (χ1v) is 9.40. The number of guanidine groups is 1. The molecule has 5 nitrogen and oxygen atoms in total. The summed E-state index contributed by atoms with van der Waals surface area (Å²) in [6.45, 7) is 9.26. The van der Waals surface area contributed by atoms with Crippen LogP contribution in [-0.4, -0.2) is 37.5 Å². The molecule has 140 valence electrons. The Balaban J connectivity index is 0.00000288. The predicted octanol–water partition coefficient (Wildman–Crippen LogP) is 2.90. The molecule has 6 heteroatoms. The van der Waals surface area contributed by atoms with Crippen LogP contribution >= 0.6 is 24.0 Å². The summed E-state index contributed by atoms with van der Waals surface area (Å²) in [7, 11) is 0. The number of amides is 1. The zero-order valence-electron chi connectivity index (χ0n) is 15.4. The number of rotatable bonds is 5. The van der Waals surface area contributed by atoms with Crippen molar-refractivity contribution in [3.05, 3.63) is 0 Å². The van der Waals surface area contributed by atoms with Crippen LogP contribution in [0.15, 0.2) is 4.99 Å². The van der Waals surface area contributed by atoms with E-state index in [0.29, 0.717) is 19.0 Å². The number of halogens is 1. The minimum absolute atomic E-state index is 0. The number of carbonyl (C=O) groups is 1. The van der Waals surface area contributed by atoms with E-state index in [1.165, 1.54) is 25.7 Å². The van der Waals surface area contributed by atoms with Gasteiger partial charge in [-0.15, -0.1) is 24.0 Å². The average molecular weight is 450 g/mol. The molecule has 0 bridgehead atoms. The fourth-order valence-electron chi connectivity index (χ4n) is 3.63. The highest BCUT2D eigenvalue weighted by atomic mass is 127. The molecule has 2 fully saturated rings. The van der Waals surface area contributed by atoms with Crippen LogP contribution in [0.1, 0.15) is 59.3 Å². The van der Waals surface area contributed by atoms with Crippen molar-refractivity contribution in [2.45, 2.75) is 65.3 Å². The fraction of sp³-hybridized carbons (Fsp3) is 0.889. The molecule has 1 amide bonds. The Morgan fingerprint density at radius 3 is 2.50 bits per heavy atom. The third-order valence-electron chi connectivity index (χ3n) is 5.29. The second kappa shape index (κ2) is 11.2. The third kappa shape index (κ3) is 7.15. The summed E-state index contributed by atoms with van der Waals surface area (Å²) in [4.78, 5) is 16.0. The Labute approximate surface area is 164 Å². The molecule has 0 radical (unpaired) electrons. The van der Waals surface area contributed by atoms with Crippen LogP contribution in [0.5, 0.6) is 0 Å². The van der Waals surface area contributed by atoms with Crippen molar-refractivity contribution in [3.63, 3.8) is 0 Å². The summed E-state index contributed by atoms with van der Waals surface area (Å²) in [6.07, 6.45) is 6.83. The van der Waals surface area contributed by atoms with Gasteiger partial charge in [0.25, 0.3) is 0 Å². The Morgan fingerprint density at radius 1 is 1.25 bits per heavy atom. The standard InChI is InChI=1S/C18H34N4O.HI/c1-4-19-18(22-16-9-10-17(23)20-12-16)21-11-14-5-7-15(8-6-14)13(2)3;/h13-16H,4-12H2,1-3H3,(H,20,23)(H2,19,21,22);1H. The molecule has 0 aromatic rings. The molecule has 1 atom stereocenters. The molecule has 1 aliphatic carbocycles. The number of hydrogen-bond donors (Lipinski definition) is 3. The minimum atomic E-state index is 0.